The van der Waals surface area contributed by atoms with Gasteiger partial charge in [-0.15, -0.1) is 0 Å². The van der Waals surface area contributed by atoms with Crippen LogP contribution in [0.25, 0.3) is 0 Å². The molecule has 1 N–H and O–H groups in total. The Labute approximate surface area is 117 Å². The lowest BCUT2D eigenvalue weighted by molar-refractivity contribution is 0.0696. The maximum Gasteiger partial charge on any atom is 0.336 e. The fourth-order valence-corrected chi connectivity index (χ4v) is 2.71. The van der Waals surface area contributed by atoms with E-state index in [1.165, 1.54) is 11.8 Å². The highest BCUT2D eigenvalue weighted by molar-refractivity contribution is 9.10. The van der Waals surface area contributed by atoms with Gasteiger partial charge in [-0.25, -0.2) is 14.8 Å². The van der Waals surface area contributed by atoms with Crippen LogP contribution < -0.4 is 0 Å². The summed E-state index contributed by atoms with van der Waals surface area (Å²) in [6, 6.07) is 5.04. The Morgan fingerprint density at radius 2 is 2.00 bits per heavy atom. The summed E-state index contributed by atoms with van der Waals surface area (Å²) in [5.74, 6) is -0.954. The Kier molecular flexibility index (Phi) is 3.98. The molecule has 92 valence electrons. The fraction of sp³-hybridized carbons (Fsp3) is 0.0833. The molecule has 0 spiro atoms. The number of hydrogen-bond donors (Lipinski definition) is 1. The molecule has 2 rings (SSSR count). The molecule has 1 heterocycles. The number of aromatic nitrogens is 2. The average Bonchev–Trinajstić information content (AvgIpc) is 2.32. The molecule has 4 nitrogen and oxygen atoms in total. The van der Waals surface area contributed by atoms with Crippen molar-refractivity contribution in [2.75, 3.05) is 0 Å². The van der Waals surface area contributed by atoms with Gasteiger partial charge in [0.05, 0.1) is 5.56 Å². The van der Waals surface area contributed by atoms with Gasteiger partial charge >= 0.3 is 5.97 Å². The average molecular weight is 325 g/mol. The number of aromatic carboxylic acids is 1. The molecule has 0 amide bonds. The van der Waals surface area contributed by atoms with Gasteiger partial charge in [-0.05, 0) is 58.4 Å². The van der Waals surface area contributed by atoms with Crippen LogP contribution in [0.4, 0.5) is 0 Å². The van der Waals surface area contributed by atoms with Crippen LogP contribution >= 0.6 is 27.7 Å². The lowest BCUT2D eigenvalue weighted by atomic mass is 10.2. The smallest absolute Gasteiger partial charge is 0.336 e. The molecule has 0 aliphatic carbocycles. The van der Waals surface area contributed by atoms with Gasteiger partial charge in [0, 0.05) is 21.8 Å². The number of carbonyl (C=O) groups is 1. The van der Waals surface area contributed by atoms with Crippen LogP contribution in [0.1, 0.15) is 15.9 Å². The van der Waals surface area contributed by atoms with E-state index in [9.17, 15) is 4.79 Å². The molecule has 1 aromatic heterocycles. The third-order valence-electron chi connectivity index (χ3n) is 2.14. The van der Waals surface area contributed by atoms with E-state index < -0.39 is 5.97 Å². The minimum absolute atomic E-state index is 0.240. The van der Waals surface area contributed by atoms with E-state index in [-0.39, 0.29) is 5.56 Å². The number of benzene rings is 1. The van der Waals surface area contributed by atoms with Crippen LogP contribution in [-0.2, 0) is 0 Å². The van der Waals surface area contributed by atoms with Gasteiger partial charge in [-0.1, -0.05) is 0 Å². The molecule has 0 aliphatic rings. The minimum Gasteiger partial charge on any atom is -0.478 e. The molecule has 0 radical (unpaired) electrons. The molecule has 0 unspecified atom stereocenters. The van der Waals surface area contributed by atoms with Gasteiger partial charge in [0.15, 0.2) is 5.16 Å². The maximum absolute atomic E-state index is 10.9. The molecule has 0 atom stereocenters. The van der Waals surface area contributed by atoms with Gasteiger partial charge in [-0.3, -0.25) is 0 Å². The lowest BCUT2D eigenvalue weighted by Gasteiger charge is -2.03. The number of aryl methyl sites for hydroxylation is 1. The number of hydrogen-bond acceptors (Lipinski definition) is 4. The number of halogens is 1. The highest BCUT2D eigenvalue weighted by Crippen LogP contribution is 2.28. The largest absolute Gasteiger partial charge is 0.478 e. The van der Waals surface area contributed by atoms with Gasteiger partial charge in [0.1, 0.15) is 0 Å². The second-order valence-corrected chi connectivity index (χ2v) is 5.49. The summed E-state index contributed by atoms with van der Waals surface area (Å²) in [5.41, 5.74) is 1.24. The molecule has 0 saturated carbocycles. The first-order valence-corrected chi connectivity index (χ1v) is 6.66. The second-order valence-electron chi connectivity index (χ2n) is 3.59. The molecule has 0 aliphatic heterocycles. The predicted molar refractivity (Wildman–Crippen MR) is 72.0 cm³/mol. The topological polar surface area (TPSA) is 63.1 Å². The monoisotopic (exact) mass is 324 g/mol. The molecule has 0 bridgehead atoms. The Balaban J connectivity index is 2.22. The van der Waals surface area contributed by atoms with Gasteiger partial charge in [0.25, 0.3) is 0 Å². The van der Waals surface area contributed by atoms with Crippen molar-refractivity contribution < 1.29 is 9.90 Å². The van der Waals surface area contributed by atoms with Crippen molar-refractivity contribution in [1.29, 1.82) is 0 Å². The van der Waals surface area contributed by atoms with E-state index in [2.05, 4.69) is 25.9 Å². The van der Waals surface area contributed by atoms with Crippen molar-refractivity contribution in [3.05, 3.63) is 46.2 Å². The number of carboxylic acid groups (broad SMARTS) is 1. The Morgan fingerprint density at radius 1 is 1.33 bits per heavy atom. The summed E-state index contributed by atoms with van der Waals surface area (Å²) in [6.07, 6.45) is 3.49. The summed E-state index contributed by atoms with van der Waals surface area (Å²) in [7, 11) is 0. The molecule has 1 aromatic carbocycles. The van der Waals surface area contributed by atoms with Crippen molar-refractivity contribution in [3.8, 4) is 0 Å². The summed E-state index contributed by atoms with van der Waals surface area (Å²) in [4.78, 5) is 20.1. The van der Waals surface area contributed by atoms with Crippen molar-refractivity contribution in [3.63, 3.8) is 0 Å². The van der Waals surface area contributed by atoms with Crippen molar-refractivity contribution in [2.24, 2.45) is 0 Å². The summed E-state index contributed by atoms with van der Waals surface area (Å²) in [6.45, 7) is 1.92. The predicted octanol–water partition coefficient (Wildman–Crippen LogP) is 3.40. The second kappa shape index (κ2) is 5.49. The van der Waals surface area contributed by atoms with Crippen LogP contribution in [0.15, 0.2) is 45.1 Å². The van der Waals surface area contributed by atoms with Crippen LogP contribution in [0.3, 0.4) is 0 Å². The molecule has 2 aromatic rings. The molecule has 6 heteroatoms. The maximum atomic E-state index is 10.9. The number of nitrogens with zero attached hydrogens (tertiary/aromatic N) is 2. The van der Waals surface area contributed by atoms with Gasteiger partial charge in [-0.2, -0.15) is 0 Å². The van der Waals surface area contributed by atoms with Crippen molar-refractivity contribution >= 4 is 33.7 Å². The molecule has 0 fully saturated rings. The Hall–Kier alpha value is -1.40. The first-order valence-electron chi connectivity index (χ1n) is 5.05. The van der Waals surface area contributed by atoms with Crippen LogP contribution in [0.5, 0.6) is 0 Å². The van der Waals surface area contributed by atoms with Gasteiger partial charge in [0.2, 0.25) is 0 Å². The van der Waals surface area contributed by atoms with Crippen molar-refractivity contribution in [1.82, 2.24) is 9.97 Å². The first-order chi connectivity index (χ1) is 8.56. The highest BCUT2D eigenvalue weighted by Gasteiger charge is 2.09. The zero-order valence-electron chi connectivity index (χ0n) is 9.42. The van der Waals surface area contributed by atoms with Crippen LogP contribution in [0, 0.1) is 6.92 Å². The minimum atomic E-state index is -0.954. The SMILES string of the molecule is Cc1cnc(Sc2ccc(C(=O)O)c(Br)c2)nc1. The van der Waals surface area contributed by atoms with E-state index in [4.69, 9.17) is 5.11 Å². The number of carboxylic acids is 1. The van der Waals surface area contributed by atoms with Crippen LogP contribution in [-0.4, -0.2) is 21.0 Å². The first kappa shape index (κ1) is 13.0. The van der Waals surface area contributed by atoms with E-state index in [0.717, 1.165) is 10.5 Å². The van der Waals surface area contributed by atoms with Gasteiger partial charge < -0.3 is 5.11 Å². The molecular weight excluding hydrogens is 316 g/mol. The Morgan fingerprint density at radius 3 is 2.56 bits per heavy atom. The van der Waals surface area contributed by atoms with Crippen LogP contribution in [0.2, 0.25) is 0 Å². The molecular formula is C12H9BrN2O2S. The summed E-state index contributed by atoms with van der Waals surface area (Å²) in [5, 5.41) is 9.55. The van der Waals surface area contributed by atoms with Crippen molar-refractivity contribution in [2.45, 2.75) is 17.0 Å². The quantitative estimate of drug-likeness (QED) is 0.877. The van der Waals surface area contributed by atoms with E-state index >= 15 is 0 Å². The highest BCUT2D eigenvalue weighted by atomic mass is 79.9. The normalized spacial score (nSPS) is 10.3. The Bertz CT molecular complexity index is 587. The number of rotatable bonds is 3. The molecule has 18 heavy (non-hydrogen) atoms. The molecule has 0 saturated heterocycles. The summed E-state index contributed by atoms with van der Waals surface area (Å²) >= 11 is 4.62. The lowest BCUT2D eigenvalue weighted by Crippen LogP contribution is -1.97. The fourth-order valence-electron chi connectivity index (χ4n) is 1.27. The zero-order chi connectivity index (χ0) is 13.1. The van der Waals surface area contributed by atoms with E-state index in [1.807, 2.05) is 6.92 Å². The summed E-state index contributed by atoms with van der Waals surface area (Å²) < 4.78 is 0.548. The third kappa shape index (κ3) is 3.08. The van der Waals surface area contributed by atoms with E-state index in [1.54, 1.807) is 30.6 Å². The standard InChI is InChI=1S/C12H9BrN2O2S/c1-7-5-14-12(15-6-7)18-8-2-3-9(11(16)17)10(13)4-8/h2-6H,1H3,(H,16,17). The third-order valence-corrected chi connectivity index (χ3v) is 3.68. The zero-order valence-corrected chi connectivity index (χ0v) is 11.8. The van der Waals surface area contributed by atoms with E-state index in [0.29, 0.717) is 9.63 Å².